The van der Waals surface area contributed by atoms with Crippen LogP contribution in [-0.2, 0) is 0 Å². The molecule has 52 valence electrons. The Bertz CT molecular complexity index is 98.7. The van der Waals surface area contributed by atoms with E-state index in [9.17, 15) is 0 Å². The molecule has 0 saturated heterocycles. The van der Waals surface area contributed by atoms with Gasteiger partial charge in [0.25, 0.3) is 0 Å². The normalized spacial score (nSPS) is 32.1. The molecule has 1 aliphatic rings. The molecule has 1 fully saturated rings. The van der Waals surface area contributed by atoms with Crippen LogP contribution >= 0.6 is 0 Å². The van der Waals surface area contributed by atoms with Gasteiger partial charge in [0, 0.05) is 6.61 Å². The van der Waals surface area contributed by atoms with Gasteiger partial charge >= 0.3 is 0 Å². The van der Waals surface area contributed by atoms with Crippen molar-refractivity contribution in [2.24, 2.45) is 11.8 Å². The van der Waals surface area contributed by atoms with E-state index < -0.39 is 0 Å². The predicted octanol–water partition coefficient (Wildman–Crippen LogP) is 1.58. The molecule has 0 heterocycles. The standard InChI is InChI=1S/C8H14O/c1-2-3-4-7-5-8(7)6-9/h2,7-9H,1,3-6H2/t7-,8+/m0/s1. The van der Waals surface area contributed by atoms with Crippen molar-refractivity contribution < 1.29 is 5.11 Å². The third-order valence-electron chi connectivity index (χ3n) is 2.05. The van der Waals surface area contributed by atoms with Crippen molar-refractivity contribution in [2.75, 3.05) is 6.61 Å². The van der Waals surface area contributed by atoms with E-state index in [0.717, 1.165) is 12.3 Å². The molecule has 1 nitrogen and oxygen atoms in total. The topological polar surface area (TPSA) is 20.2 Å². The van der Waals surface area contributed by atoms with Gasteiger partial charge in [0.2, 0.25) is 0 Å². The number of rotatable bonds is 4. The first-order chi connectivity index (χ1) is 4.38. The van der Waals surface area contributed by atoms with E-state index in [1.807, 2.05) is 6.08 Å². The third kappa shape index (κ3) is 1.83. The van der Waals surface area contributed by atoms with Gasteiger partial charge in [-0.15, -0.1) is 6.58 Å². The highest BCUT2D eigenvalue weighted by atomic mass is 16.3. The van der Waals surface area contributed by atoms with Crippen molar-refractivity contribution in [2.45, 2.75) is 19.3 Å². The van der Waals surface area contributed by atoms with Gasteiger partial charge in [-0.1, -0.05) is 6.08 Å². The minimum absolute atomic E-state index is 0.391. The Labute approximate surface area is 56.4 Å². The molecule has 1 saturated carbocycles. The van der Waals surface area contributed by atoms with Gasteiger partial charge in [0.15, 0.2) is 0 Å². The zero-order chi connectivity index (χ0) is 6.69. The van der Waals surface area contributed by atoms with Crippen molar-refractivity contribution >= 4 is 0 Å². The summed E-state index contributed by atoms with van der Waals surface area (Å²) in [5.74, 6) is 1.44. The zero-order valence-electron chi connectivity index (χ0n) is 5.71. The molecule has 1 aliphatic carbocycles. The first-order valence-electron chi connectivity index (χ1n) is 3.60. The zero-order valence-corrected chi connectivity index (χ0v) is 5.71. The number of hydrogen-bond acceptors (Lipinski definition) is 1. The maximum Gasteiger partial charge on any atom is 0.0462 e. The summed E-state index contributed by atoms with van der Waals surface area (Å²) < 4.78 is 0. The molecule has 0 radical (unpaired) electrons. The lowest BCUT2D eigenvalue weighted by Crippen LogP contribution is -1.87. The van der Waals surface area contributed by atoms with E-state index in [4.69, 9.17) is 5.11 Å². The minimum atomic E-state index is 0.391. The fourth-order valence-corrected chi connectivity index (χ4v) is 1.22. The molecule has 0 unspecified atom stereocenters. The SMILES string of the molecule is C=CCC[C@H]1C[C@@H]1CO. The summed E-state index contributed by atoms with van der Waals surface area (Å²) in [5.41, 5.74) is 0. The highest BCUT2D eigenvalue weighted by molar-refractivity contribution is 4.87. The second-order valence-corrected chi connectivity index (χ2v) is 2.80. The van der Waals surface area contributed by atoms with Crippen LogP contribution in [0.25, 0.3) is 0 Å². The summed E-state index contributed by atoms with van der Waals surface area (Å²) >= 11 is 0. The molecule has 1 rings (SSSR count). The molecule has 2 atom stereocenters. The molecule has 0 spiro atoms. The van der Waals surface area contributed by atoms with E-state index >= 15 is 0 Å². The predicted molar refractivity (Wildman–Crippen MR) is 38.1 cm³/mol. The monoisotopic (exact) mass is 126 g/mol. The molecule has 1 N–H and O–H groups in total. The third-order valence-corrected chi connectivity index (χ3v) is 2.05. The highest BCUT2D eigenvalue weighted by Crippen LogP contribution is 2.41. The Morgan fingerprint density at radius 3 is 2.78 bits per heavy atom. The minimum Gasteiger partial charge on any atom is -0.396 e. The Kier molecular flexibility index (Phi) is 2.29. The van der Waals surface area contributed by atoms with Crippen molar-refractivity contribution in [1.82, 2.24) is 0 Å². The first kappa shape index (κ1) is 6.81. The summed E-state index contributed by atoms with van der Waals surface area (Å²) in [6.45, 7) is 4.04. The molecule has 1 heteroatoms. The lowest BCUT2D eigenvalue weighted by Gasteiger charge is -1.90. The lowest BCUT2D eigenvalue weighted by molar-refractivity contribution is 0.267. The van der Waals surface area contributed by atoms with E-state index in [-0.39, 0.29) is 0 Å². The quantitative estimate of drug-likeness (QED) is 0.567. The van der Waals surface area contributed by atoms with Gasteiger partial charge in [-0.2, -0.15) is 0 Å². The van der Waals surface area contributed by atoms with Crippen LogP contribution in [0.1, 0.15) is 19.3 Å². The van der Waals surface area contributed by atoms with Gasteiger partial charge in [0.1, 0.15) is 0 Å². The van der Waals surface area contributed by atoms with Crippen LogP contribution in [0.3, 0.4) is 0 Å². The molecular formula is C8H14O. The molecule has 0 aliphatic heterocycles. The van der Waals surface area contributed by atoms with Crippen molar-refractivity contribution in [1.29, 1.82) is 0 Å². The van der Waals surface area contributed by atoms with Crippen LogP contribution in [0, 0.1) is 11.8 Å². The van der Waals surface area contributed by atoms with E-state index in [1.165, 1.54) is 12.8 Å². The van der Waals surface area contributed by atoms with Gasteiger partial charge in [0.05, 0.1) is 0 Å². The Balaban J connectivity index is 1.98. The number of aliphatic hydroxyl groups is 1. The maximum atomic E-state index is 8.65. The Morgan fingerprint density at radius 2 is 2.33 bits per heavy atom. The molecule has 0 amide bonds. The average molecular weight is 126 g/mol. The Hall–Kier alpha value is -0.300. The van der Waals surface area contributed by atoms with Crippen LogP contribution in [-0.4, -0.2) is 11.7 Å². The Morgan fingerprint density at radius 1 is 1.56 bits per heavy atom. The largest absolute Gasteiger partial charge is 0.396 e. The molecule has 0 bridgehead atoms. The first-order valence-corrected chi connectivity index (χ1v) is 3.60. The molecule has 0 aromatic carbocycles. The van der Waals surface area contributed by atoms with Crippen LogP contribution < -0.4 is 0 Å². The summed E-state index contributed by atoms with van der Waals surface area (Å²) in [4.78, 5) is 0. The van der Waals surface area contributed by atoms with Crippen molar-refractivity contribution in [3.63, 3.8) is 0 Å². The fraction of sp³-hybridized carbons (Fsp3) is 0.750. The van der Waals surface area contributed by atoms with Crippen LogP contribution in [0.4, 0.5) is 0 Å². The van der Waals surface area contributed by atoms with E-state index in [0.29, 0.717) is 12.5 Å². The second-order valence-electron chi connectivity index (χ2n) is 2.80. The summed E-state index contributed by atoms with van der Waals surface area (Å²) in [6, 6.07) is 0. The summed E-state index contributed by atoms with van der Waals surface area (Å²) in [7, 11) is 0. The molecule has 9 heavy (non-hydrogen) atoms. The van der Waals surface area contributed by atoms with Crippen molar-refractivity contribution in [3.05, 3.63) is 12.7 Å². The second kappa shape index (κ2) is 3.02. The van der Waals surface area contributed by atoms with Gasteiger partial charge in [-0.3, -0.25) is 0 Å². The smallest absolute Gasteiger partial charge is 0.0462 e. The summed E-state index contributed by atoms with van der Waals surface area (Å²) in [5, 5.41) is 8.65. The van der Waals surface area contributed by atoms with Gasteiger partial charge in [-0.05, 0) is 31.1 Å². The van der Waals surface area contributed by atoms with Crippen LogP contribution in [0.2, 0.25) is 0 Å². The highest BCUT2D eigenvalue weighted by Gasteiger charge is 2.34. The summed E-state index contributed by atoms with van der Waals surface area (Å²) in [6.07, 6.45) is 5.53. The van der Waals surface area contributed by atoms with Crippen molar-refractivity contribution in [3.8, 4) is 0 Å². The average Bonchev–Trinajstić information content (AvgIpc) is 2.62. The lowest BCUT2D eigenvalue weighted by atomic mass is 10.2. The van der Waals surface area contributed by atoms with Gasteiger partial charge in [-0.25, -0.2) is 0 Å². The van der Waals surface area contributed by atoms with E-state index in [1.54, 1.807) is 0 Å². The number of allylic oxidation sites excluding steroid dienone is 1. The maximum absolute atomic E-state index is 8.65. The molecule has 0 aromatic heterocycles. The number of aliphatic hydroxyl groups excluding tert-OH is 1. The van der Waals surface area contributed by atoms with Crippen LogP contribution in [0.15, 0.2) is 12.7 Å². The number of hydrogen-bond donors (Lipinski definition) is 1. The van der Waals surface area contributed by atoms with E-state index in [2.05, 4.69) is 6.58 Å². The molecular weight excluding hydrogens is 112 g/mol. The van der Waals surface area contributed by atoms with Gasteiger partial charge < -0.3 is 5.11 Å². The van der Waals surface area contributed by atoms with Crippen LogP contribution in [0.5, 0.6) is 0 Å². The fourth-order valence-electron chi connectivity index (χ4n) is 1.22. The molecule has 0 aromatic rings.